The molecular weight excluding hydrogens is 354 g/mol. The lowest BCUT2D eigenvalue weighted by Gasteiger charge is -2.16. The minimum atomic E-state index is -4.07. The molecular formula is C17H21N5O3S. The number of urea groups is 1. The van der Waals surface area contributed by atoms with Crippen molar-refractivity contribution in [2.45, 2.75) is 50.5 Å². The van der Waals surface area contributed by atoms with Gasteiger partial charge in [0, 0.05) is 12.7 Å². The number of aryl methyl sites for hydroxylation is 4. The molecule has 2 amide bonds. The highest BCUT2D eigenvalue weighted by molar-refractivity contribution is 7.90. The van der Waals surface area contributed by atoms with Gasteiger partial charge in [0.2, 0.25) is 5.03 Å². The number of fused-ring (bicyclic) bond motifs is 2. The molecule has 0 unspecified atom stereocenters. The van der Waals surface area contributed by atoms with E-state index in [9.17, 15) is 13.2 Å². The molecule has 1 aromatic heterocycles. The molecule has 0 radical (unpaired) electrons. The number of carbonyl (C=O) groups excluding carboxylic acids is 1. The number of benzene rings is 1. The van der Waals surface area contributed by atoms with Crippen molar-refractivity contribution < 1.29 is 13.2 Å². The Morgan fingerprint density at radius 3 is 2.23 bits per heavy atom. The van der Waals surface area contributed by atoms with Crippen molar-refractivity contribution in [1.82, 2.24) is 19.7 Å². The van der Waals surface area contributed by atoms with Crippen molar-refractivity contribution in [1.29, 1.82) is 0 Å². The molecule has 0 aliphatic heterocycles. The molecule has 138 valence electrons. The van der Waals surface area contributed by atoms with E-state index in [-0.39, 0.29) is 10.7 Å². The first-order chi connectivity index (χ1) is 12.3. The monoisotopic (exact) mass is 375 g/mol. The lowest BCUT2D eigenvalue weighted by atomic mass is 9.99. The quantitative estimate of drug-likeness (QED) is 0.848. The lowest BCUT2D eigenvalue weighted by Crippen LogP contribution is -2.35. The highest BCUT2D eigenvalue weighted by Gasteiger charge is 2.28. The molecule has 0 saturated heterocycles. The Labute approximate surface area is 152 Å². The maximum Gasteiger partial charge on any atom is 0.333 e. The molecule has 2 aliphatic carbocycles. The van der Waals surface area contributed by atoms with E-state index in [4.69, 9.17) is 0 Å². The van der Waals surface area contributed by atoms with Gasteiger partial charge < -0.3 is 5.32 Å². The van der Waals surface area contributed by atoms with Gasteiger partial charge in [-0.1, -0.05) is 6.07 Å². The Bertz CT molecular complexity index is 978. The molecule has 2 aliphatic rings. The largest absolute Gasteiger partial charge is 0.333 e. The van der Waals surface area contributed by atoms with E-state index in [1.54, 1.807) is 0 Å². The normalized spacial score (nSPS) is 15.6. The first kappa shape index (κ1) is 17.0. The average molecular weight is 375 g/mol. The molecule has 0 fully saturated rings. The molecule has 4 rings (SSSR count). The highest BCUT2D eigenvalue weighted by atomic mass is 32.2. The third-order valence-electron chi connectivity index (χ3n) is 5.03. The maximum absolute atomic E-state index is 12.5. The van der Waals surface area contributed by atoms with Crippen molar-refractivity contribution in [3.05, 3.63) is 34.0 Å². The van der Waals surface area contributed by atoms with Crippen LogP contribution in [0.25, 0.3) is 0 Å². The van der Waals surface area contributed by atoms with Crippen LogP contribution in [0.4, 0.5) is 10.5 Å². The number of rotatable bonds is 3. The van der Waals surface area contributed by atoms with Crippen LogP contribution in [0.15, 0.2) is 11.1 Å². The fraction of sp³-hybridized carbons (Fsp3) is 0.471. The van der Waals surface area contributed by atoms with Crippen molar-refractivity contribution in [3.63, 3.8) is 0 Å². The Hall–Kier alpha value is -2.42. The van der Waals surface area contributed by atoms with Gasteiger partial charge >= 0.3 is 6.03 Å². The SMILES string of the molecule is Cc1nn(C)nc1S(=O)(=O)NC(=O)Nc1c2c(cc3c1CCC3)CCC2. The molecule has 9 heteroatoms. The summed E-state index contributed by atoms with van der Waals surface area (Å²) in [6.45, 7) is 1.54. The molecule has 2 aromatic rings. The molecule has 1 aromatic carbocycles. The molecule has 0 spiro atoms. The topological polar surface area (TPSA) is 106 Å². The Morgan fingerprint density at radius 2 is 1.69 bits per heavy atom. The third-order valence-corrected chi connectivity index (χ3v) is 6.37. The van der Waals surface area contributed by atoms with Crippen molar-refractivity contribution >= 4 is 21.7 Å². The average Bonchev–Trinajstić information content (AvgIpc) is 3.26. The smallest absolute Gasteiger partial charge is 0.307 e. The van der Waals surface area contributed by atoms with Gasteiger partial charge in [0.15, 0.2) is 0 Å². The van der Waals surface area contributed by atoms with E-state index in [1.165, 1.54) is 29.9 Å². The summed E-state index contributed by atoms with van der Waals surface area (Å²) >= 11 is 0. The van der Waals surface area contributed by atoms with E-state index < -0.39 is 16.1 Å². The van der Waals surface area contributed by atoms with Gasteiger partial charge in [0.05, 0.1) is 0 Å². The molecule has 0 atom stereocenters. The van der Waals surface area contributed by atoms with Gasteiger partial charge in [-0.3, -0.25) is 0 Å². The van der Waals surface area contributed by atoms with Crippen molar-refractivity contribution in [2.75, 3.05) is 5.32 Å². The minimum Gasteiger partial charge on any atom is -0.307 e. The number of aromatic nitrogens is 3. The maximum atomic E-state index is 12.5. The van der Waals surface area contributed by atoms with Crippen LogP contribution in [0.3, 0.4) is 0 Å². The van der Waals surface area contributed by atoms with Crippen LogP contribution in [0.5, 0.6) is 0 Å². The second-order valence-electron chi connectivity index (χ2n) is 6.87. The first-order valence-electron chi connectivity index (χ1n) is 8.73. The third kappa shape index (κ3) is 2.86. The Morgan fingerprint density at radius 1 is 1.08 bits per heavy atom. The fourth-order valence-electron chi connectivity index (χ4n) is 4.01. The van der Waals surface area contributed by atoms with Crippen LogP contribution < -0.4 is 10.0 Å². The van der Waals surface area contributed by atoms with Crippen LogP contribution >= 0.6 is 0 Å². The number of amides is 2. The number of nitrogens with zero attached hydrogens (tertiary/aromatic N) is 3. The summed E-state index contributed by atoms with van der Waals surface area (Å²) in [6, 6.07) is 1.50. The zero-order valence-electron chi connectivity index (χ0n) is 14.8. The zero-order valence-corrected chi connectivity index (χ0v) is 15.6. The number of carbonyl (C=O) groups is 1. The summed E-state index contributed by atoms with van der Waals surface area (Å²) in [6.07, 6.45) is 5.96. The Kier molecular flexibility index (Phi) is 3.98. The van der Waals surface area contributed by atoms with E-state index in [1.807, 2.05) is 0 Å². The van der Waals surface area contributed by atoms with Gasteiger partial charge in [-0.05, 0) is 67.7 Å². The van der Waals surface area contributed by atoms with Gasteiger partial charge in [-0.25, -0.2) is 9.52 Å². The number of hydrogen-bond donors (Lipinski definition) is 2. The van der Waals surface area contributed by atoms with Gasteiger partial charge in [-0.2, -0.15) is 18.3 Å². The number of anilines is 1. The number of sulfonamides is 1. The minimum absolute atomic E-state index is 0.237. The predicted molar refractivity (Wildman–Crippen MR) is 95.6 cm³/mol. The van der Waals surface area contributed by atoms with Crippen LogP contribution in [0, 0.1) is 6.92 Å². The van der Waals surface area contributed by atoms with E-state index >= 15 is 0 Å². The summed E-state index contributed by atoms with van der Waals surface area (Å²) in [7, 11) is -2.54. The summed E-state index contributed by atoms with van der Waals surface area (Å²) < 4.78 is 27.0. The second kappa shape index (κ2) is 6.08. The highest BCUT2D eigenvalue weighted by Crippen LogP contribution is 2.38. The van der Waals surface area contributed by atoms with Crippen molar-refractivity contribution in [3.8, 4) is 0 Å². The molecule has 8 nitrogen and oxygen atoms in total. The second-order valence-corrected chi connectivity index (χ2v) is 8.47. The summed E-state index contributed by atoms with van der Waals surface area (Å²) in [4.78, 5) is 13.6. The summed E-state index contributed by atoms with van der Waals surface area (Å²) in [5.41, 5.74) is 5.88. The predicted octanol–water partition coefficient (Wildman–Crippen LogP) is 1.61. The van der Waals surface area contributed by atoms with E-state index in [0.717, 1.165) is 55.3 Å². The standard InChI is InChI=1S/C17H21N5O3S/c1-10-16(20-22(2)19-10)26(24,25)21-17(23)18-15-13-7-3-5-11(13)9-12-6-4-8-14(12)15/h9H,3-8H2,1-2H3,(H2,18,21,23). The summed E-state index contributed by atoms with van der Waals surface area (Å²) in [5.74, 6) is 0. The molecule has 0 saturated carbocycles. The molecule has 1 heterocycles. The summed E-state index contributed by atoms with van der Waals surface area (Å²) in [5, 5.41) is 10.3. The zero-order chi connectivity index (χ0) is 18.5. The van der Waals surface area contributed by atoms with Crippen LogP contribution in [-0.2, 0) is 42.8 Å². The van der Waals surface area contributed by atoms with Crippen LogP contribution in [-0.4, -0.2) is 29.4 Å². The van der Waals surface area contributed by atoms with E-state index in [0.29, 0.717) is 0 Å². The van der Waals surface area contributed by atoms with Crippen LogP contribution in [0.2, 0.25) is 0 Å². The lowest BCUT2D eigenvalue weighted by molar-refractivity contribution is 0.256. The molecule has 26 heavy (non-hydrogen) atoms. The fourth-order valence-corrected chi connectivity index (χ4v) is 5.06. The van der Waals surface area contributed by atoms with E-state index in [2.05, 4.69) is 26.3 Å². The van der Waals surface area contributed by atoms with Crippen LogP contribution in [0.1, 0.15) is 40.8 Å². The molecule has 2 N–H and O–H groups in total. The van der Waals surface area contributed by atoms with Gasteiger partial charge in [-0.15, -0.1) is 5.10 Å². The number of nitrogens with one attached hydrogen (secondary N) is 2. The first-order valence-corrected chi connectivity index (χ1v) is 10.2. The van der Waals surface area contributed by atoms with Gasteiger partial charge in [0.1, 0.15) is 5.69 Å². The van der Waals surface area contributed by atoms with Crippen molar-refractivity contribution in [2.24, 2.45) is 7.05 Å². The van der Waals surface area contributed by atoms with Gasteiger partial charge in [0.25, 0.3) is 10.0 Å². The number of hydrogen-bond acceptors (Lipinski definition) is 5. The Balaban J connectivity index is 1.61. The molecule has 0 bridgehead atoms.